The van der Waals surface area contributed by atoms with Gasteiger partial charge in [-0.1, -0.05) is 13.0 Å². The van der Waals surface area contributed by atoms with Crippen molar-refractivity contribution in [2.24, 2.45) is 0 Å². The molecule has 2 nitrogen and oxygen atoms in total. The highest BCUT2D eigenvalue weighted by Gasteiger charge is 2.19. The highest BCUT2D eigenvalue weighted by molar-refractivity contribution is 7.44. The van der Waals surface area contributed by atoms with Crippen LogP contribution in [0, 0.1) is 0 Å². The molecule has 14 heavy (non-hydrogen) atoms. The minimum atomic E-state index is -1.97. The number of carbonyl (C=O) groups excluding carboxylic acids is 1. The highest BCUT2D eigenvalue weighted by Crippen LogP contribution is 2.22. The summed E-state index contributed by atoms with van der Waals surface area (Å²) < 4.78 is 4.91. The molecular formula is C9H16Cl2O2Si. The van der Waals surface area contributed by atoms with Gasteiger partial charge in [-0.25, -0.2) is 4.79 Å². The van der Waals surface area contributed by atoms with Gasteiger partial charge < -0.3 is 4.74 Å². The van der Waals surface area contributed by atoms with Gasteiger partial charge in [0.25, 0.3) is 0 Å². The summed E-state index contributed by atoms with van der Waals surface area (Å²) in [5.41, 5.74) is 0.430. The van der Waals surface area contributed by atoms with E-state index in [4.69, 9.17) is 26.9 Å². The Morgan fingerprint density at radius 3 is 2.43 bits per heavy atom. The molecule has 0 aromatic heterocycles. The molecular weight excluding hydrogens is 239 g/mol. The Morgan fingerprint density at radius 2 is 2.00 bits per heavy atom. The van der Waals surface area contributed by atoms with Gasteiger partial charge in [0.05, 0.1) is 6.61 Å². The lowest BCUT2D eigenvalue weighted by atomic mass is 10.3. The lowest BCUT2D eigenvalue weighted by molar-refractivity contribution is -0.139. The molecule has 0 rings (SSSR count). The summed E-state index contributed by atoms with van der Waals surface area (Å²) in [6.45, 7) is 5.45. The molecule has 0 unspecified atom stereocenters. The number of hydrogen-bond acceptors (Lipinski definition) is 2. The van der Waals surface area contributed by atoms with Crippen molar-refractivity contribution >= 4 is 34.8 Å². The smallest absolute Gasteiger partial charge is 0.333 e. The topological polar surface area (TPSA) is 26.3 Å². The SMILES string of the molecule is C=C(C)C(=O)OCCCC[Si](C)(Cl)Cl. The summed E-state index contributed by atoms with van der Waals surface area (Å²) in [4.78, 5) is 10.9. The molecule has 0 saturated heterocycles. The number of halogens is 2. The van der Waals surface area contributed by atoms with Crippen LogP contribution < -0.4 is 0 Å². The van der Waals surface area contributed by atoms with Crippen LogP contribution in [0.4, 0.5) is 0 Å². The van der Waals surface area contributed by atoms with Crippen LogP contribution in [0.15, 0.2) is 12.2 Å². The fourth-order valence-electron chi connectivity index (χ4n) is 0.826. The maximum atomic E-state index is 10.9. The van der Waals surface area contributed by atoms with Crippen molar-refractivity contribution in [2.45, 2.75) is 32.4 Å². The van der Waals surface area contributed by atoms with E-state index >= 15 is 0 Å². The third kappa shape index (κ3) is 8.60. The average molecular weight is 255 g/mol. The zero-order chi connectivity index (χ0) is 11.2. The molecule has 0 aliphatic carbocycles. The summed E-state index contributed by atoms with van der Waals surface area (Å²) in [5, 5.41) is 0. The molecule has 0 amide bonds. The van der Waals surface area contributed by atoms with Gasteiger partial charge in [-0.3, -0.25) is 0 Å². The molecule has 0 spiro atoms. The molecule has 0 bridgehead atoms. The van der Waals surface area contributed by atoms with Gasteiger partial charge in [0.1, 0.15) is 0 Å². The van der Waals surface area contributed by atoms with E-state index in [9.17, 15) is 4.79 Å². The van der Waals surface area contributed by atoms with E-state index in [0.717, 1.165) is 18.9 Å². The van der Waals surface area contributed by atoms with Crippen molar-refractivity contribution < 1.29 is 9.53 Å². The van der Waals surface area contributed by atoms with Gasteiger partial charge in [0, 0.05) is 5.57 Å². The van der Waals surface area contributed by atoms with Crippen LogP contribution in [0.5, 0.6) is 0 Å². The van der Waals surface area contributed by atoms with E-state index in [2.05, 4.69) is 6.58 Å². The number of unbranched alkanes of at least 4 members (excludes halogenated alkanes) is 1. The largest absolute Gasteiger partial charge is 0.462 e. The number of carbonyl (C=O) groups is 1. The Kier molecular flexibility index (Phi) is 6.49. The van der Waals surface area contributed by atoms with Gasteiger partial charge in [0.15, 0.2) is 0 Å². The fraction of sp³-hybridized carbons (Fsp3) is 0.667. The molecule has 0 aliphatic rings. The number of rotatable bonds is 6. The van der Waals surface area contributed by atoms with Crippen molar-refractivity contribution in [3.8, 4) is 0 Å². The van der Waals surface area contributed by atoms with E-state index < -0.39 is 6.69 Å². The number of hydrogen-bond donors (Lipinski definition) is 0. The van der Waals surface area contributed by atoms with Crippen LogP contribution in [-0.4, -0.2) is 19.3 Å². The normalized spacial score (nSPS) is 11.1. The van der Waals surface area contributed by atoms with Gasteiger partial charge in [0.2, 0.25) is 6.69 Å². The van der Waals surface area contributed by atoms with E-state index in [-0.39, 0.29) is 5.97 Å². The van der Waals surface area contributed by atoms with E-state index in [1.807, 2.05) is 6.55 Å². The van der Waals surface area contributed by atoms with Crippen LogP contribution in [0.2, 0.25) is 12.6 Å². The second kappa shape index (κ2) is 6.48. The van der Waals surface area contributed by atoms with Crippen molar-refractivity contribution in [3.63, 3.8) is 0 Å². The highest BCUT2D eigenvalue weighted by atomic mass is 35.7. The second-order valence-electron chi connectivity index (χ2n) is 3.44. The minimum Gasteiger partial charge on any atom is -0.462 e. The van der Waals surface area contributed by atoms with Gasteiger partial charge in [-0.05, 0) is 25.9 Å². The van der Waals surface area contributed by atoms with Crippen molar-refractivity contribution in [2.75, 3.05) is 6.61 Å². The Bertz CT molecular complexity index is 211. The van der Waals surface area contributed by atoms with Crippen molar-refractivity contribution in [1.29, 1.82) is 0 Å². The van der Waals surface area contributed by atoms with Crippen LogP contribution in [0.3, 0.4) is 0 Å². The van der Waals surface area contributed by atoms with E-state index in [0.29, 0.717) is 12.2 Å². The molecule has 0 saturated carbocycles. The van der Waals surface area contributed by atoms with Gasteiger partial charge in [-0.2, -0.15) is 0 Å². The van der Waals surface area contributed by atoms with Crippen LogP contribution in [0.25, 0.3) is 0 Å². The summed E-state index contributed by atoms with van der Waals surface area (Å²) in [6.07, 6.45) is 1.71. The Hall–Kier alpha value is 0.00688. The molecule has 0 fully saturated rings. The first-order valence-corrected chi connectivity index (χ1v) is 9.26. The summed E-state index contributed by atoms with van der Waals surface area (Å²) in [5.74, 6) is -0.332. The maximum Gasteiger partial charge on any atom is 0.333 e. The minimum absolute atomic E-state index is 0.332. The van der Waals surface area contributed by atoms with Crippen LogP contribution in [-0.2, 0) is 9.53 Å². The molecule has 82 valence electrons. The predicted octanol–water partition coefficient (Wildman–Crippen LogP) is 3.44. The van der Waals surface area contributed by atoms with E-state index in [1.165, 1.54) is 0 Å². The summed E-state index contributed by atoms with van der Waals surface area (Å²) in [6, 6.07) is 0.834. The number of esters is 1. The van der Waals surface area contributed by atoms with Gasteiger partial charge >= 0.3 is 5.97 Å². The zero-order valence-electron chi connectivity index (χ0n) is 8.61. The zero-order valence-corrected chi connectivity index (χ0v) is 11.1. The van der Waals surface area contributed by atoms with Crippen molar-refractivity contribution in [1.82, 2.24) is 0 Å². The monoisotopic (exact) mass is 254 g/mol. The lowest BCUT2D eigenvalue weighted by Crippen LogP contribution is -2.12. The first-order chi connectivity index (χ1) is 6.33. The molecule has 5 heteroatoms. The molecule has 0 radical (unpaired) electrons. The Labute approximate surface area is 95.6 Å². The molecule has 0 aromatic carbocycles. The van der Waals surface area contributed by atoms with Crippen LogP contribution >= 0.6 is 22.2 Å². The van der Waals surface area contributed by atoms with Gasteiger partial charge in [-0.15, -0.1) is 22.2 Å². The first kappa shape index (κ1) is 14.0. The quantitative estimate of drug-likeness (QED) is 0.239. The molecule has 0 heterocycles. The molecule has 0 N–H and O–H groups in total. The third-order valence-corrected chi connectivity index (χ3v) is 3.96. The molecule has 0 atom stereocenters. The summed E-state index contributed by atoms with van der Waals surface area (Å²) >= 11 is 11.8. The molecule has 0 aliphatic heterocycles. The average Bonchev–Trinajstić information content (AvgIpc) is 2.01. The van der Waals surface area contributed by atoms with E-state index in [1.54, 1.807) is 6.92 Å². The predicted molar refractivity (Wildman–Crippen MR) is 63.1 cm³/mol. The standard InChI is InChI=1S/C9H16Cl2O2Si/c1-8(2)9(12)13-6-4-5-7-14(3,10)11/h1,4-7H2,2-3H3. The second-order valence-corrected chi connectivity index (χ2v) is 11.7. The first-order valence-electron chi connectivity index (χ1n) is 4.53. The Balaban J connectivity index is 3.39. The maximum absolute atomic E-state index is 10.9. The lowest BCUT2D eigenvalue weighted by Gasteiger charge is -2.09. The fourth-order valence-corrected chi connectivity index (χ4v) is 2.50. The van der Waals surface area contributed by atoms with Crippen molar-refractivity contribution in [3.05, 3.63) is 12.2 Å². The van der Waals surface area contributed by atoms with Crippen LogP contribution in [0.1, 0.15) is 19.8 Å². The molecule has 0 aromatic rings. The number of ether oxygens (including phenoxy) is 1. The summed E-state index contributed by atoms with van der Waals surface area (Å²) in [7, 11) is 0. The third-order valence-electron chi connectivity index (χ3n) is 1.59. The Morgan fingerprint density at radius 1 is 1.43 bits per heavy atom.